The Morgan fingerprint density at radius 2 is 2.07 bits per heavy atom. The van der Waals surface area contributed by atoms with Gasteiger partial charge in [-0.05, 0) is 37.5 Å². The smallest absolute Gasteiger partial charge is 0.336 e. The minimum absolute atomic E-state index is 0.0932. The molecule has 2 aromatic heterocycles. The molecule has 0 spiro atoms. The summed E-state index contributed by atoms with van der Waals surface area (Å²) in [6, 6.07) is 8.40. The van der Waals surface area contributed by atoms with Gasteiger partial charge in [-0.3, -0.25) is 4.79 Å². The molecule has 8 heteroatoms. The summed E-state index contributed by atoms with van der Waals surface area (Å²) in [6.07, 6.45) is 0.945. The average molecular weight is 396 g/mol. The molecule has 1 aliphatic rings. The Morgan fingerprint density at radius 3 is 2.86 bits per heavy atom. The van der Waals surface area contributed by atoms with E-state index in [0.29, 0.717) is 30.3 Å². The van der Waals surface area contributed by atoms with Gasteiger partial charge in [0.1, 0.15) is 17.2 Å². The summed E-state index contributed by atoms with van der Waals surface area (Å²) < 4.78 is 13.0. The van der Waals surface area contributed by atoms with Crippen molar-refractivity contribution in [1.29, 1.82) is 0 Å². The quantitative estimate of drug-likeness (QED) is 0.616. The molecule has 3 heterocycles. The lowest BCUT2D eigenvalue weighted by Crippen LogP contribution is -2.43. The zero-order valence-corrected chi connectivity index (χ0v) is 16.8. The van der Waals surface area contributed by atoms with Gasteiger partial charge in [0.2, 0.25) is 0 Å². The summed E-state index contributed by atoms with van der Waals surface area (Å²) in [4.78, 5) is 26.0. The van der Waals surface area contributed by atoms with Crippen LogP contribution in [0.1, 0.15) is 38.0 Å². The van der Waals surface area contributed by atoms with Gasteiger partial charge in [0.25, 0.3) is 5.91 Å². The van der Waals surface area contributed by atoms with Crippen molar-refractivity contribution in [3.8, 4) is 5.75 Å². The minimum atomic E-state index is -0.422. The van der Waals surface area contributed by atoms with E-state index in [4.69, 9.17) is 9.15 Å². The Hall–Kier alpha value is -3.16. The molecule has 3 aromatic rings. The van der Waals surface area contributed by atoms with Crippen LogP contribution in [0, 0.1) is 12.8 Å². The lowest BCUT2D eigenvalue weighted by atomic mass is 10.0. The number of amides is 1. The molecule has 1 aromatic carbocycles. The Labute approximate surface area is 168 Å². The molecule has 0 bridgehead atoms. The van der Waals surface area contributed by atoms with Gasteiger partial charge in [-0.25, -0.2) is 4.79 Å². The first-order valence-corrected chi connectivity index (χ1v) is 9.75. The molecule has 1 amide bonds. The van der Waals surface area contributed by atoms with Crippen LogP contribution in [0.2, 0.25) is 0 Å². The predicted octanol–water partition coefficient (Wildman–Crippen LogP) is 2.70. The number of fused-ring (bicyclic) bond motifs is 2. The Kier molecular flexibility index (Phi) is 5.08. The molecule has 0 fully saturated rings. The van der Waals surface area contributed by atoms with Gasteiger partial charge in [-0.1, -0.05) is 13.8 Å². The summed E-state index contributed by atoms with van der Waals surface area (Å²) >= 11 is 0. The molecule has 29 heavy (non-hydrogen) atoms. The highest BCUT2D eigenvalue weighted by atomic mass is 16.5. The van der Waals surface area contributed by atoms with Crippen LogP contribution < -0.4 is 10.4 Å². The lowest BCUT2D eigenvalue weighted by molar-refractivity contribution is -0.135. The fraction of sp³-hybridized carbons (Fsp3) is 0.429. The van der Waals surface area contributed by atoms with Gasteiger partial charge < -0.3 is 18.6 Å². The average Bonchev–Trinajstić information content (AvgIpc) is 3.06. The second kappa shape index (κ2) is 7.69. The zero-order chi connectivity index (χ0) is 20.5. The normalized spacial score (nSPS) is 16.3. The molecule has 0 saturated carbocycles. The van der Waals surface area contributed by atoms with E-state index >= 15 is 0 Å². The van der Waals surface area contributed by atoms with E-state index in [0.717, 1.165) is 23.5 Å². The third-order valence-electron chi connectivity index (χ3n) is 5.12. The van der Waals surface area contributed by atoms with Gasteiger partial charge in [0, 0.05) is 24.1 Å². The molecule has 8 nitrogen and oxygen atoms in total. The van der Waals surface area contributed by atoms with Crippen molar-refractivity contribution in [3.63, 3.8) is 0 Å². The van der Waals surface area contributed by atoms with Crippen LogP contribution in [0.5, 0.6) is 5.75 Å². The van der Waals surface area contributed by atoms with Gasteiger partial charge in [0.05, 0.1) is 12.6 Å². The fourth-order valence-corrected chi connectivity index (χ4v) is 3.85. The number of nitrogens with zero attached hydrogens (tertiary/aromatic N) is 4. The van der Waals surface area contributed by atoms with Crippen molar-refractivity contribution in [1.82, 2.24) is 19.7 Å². The number of aromatic nitrogens is 3. The number of carbonyl (C=O) groups is 1. The fourth-order valence-electron chi connectivity index (χ4n) is 3.85. The first-order chi connectivity index (χ1) is 13.9. The Morgan fingerprint density at radius 1 is 1.28 bits per heavy atom. The lowest BCUT2D eigenvalue weighted by Gasteiger charge is -2.35. The standard InChI is InChI=1S/C21H24N4O4/c1-13(2)8-16-10-24(11-19-23-22-14(3)25(16)19)20(26)12-28-17-6-4-15-5-7-21(27)29-18(15)9-17/h4-7,9,13,16H,8,10-12H2,1-3H3/t16-/m0/s1. The summed E-state index contributed by atoms with van der Waals surface area (Å²) in [5, 5.41) is 9.23. The van der Waals surface area contributed by atoms with Crippen molar-refractivity contribution in [3.05, 3.63) is 52.4 Å². The number of benzene rings is 1. The number of rotatable bonds is 5. The molecule has 1 atom stereocenters. The maximum absolute atomic E-state index is 12.8. The van der Waals surface area contributed by atoms with E-state index in [1.54, 1.807) is 29.2 Å². The van der Waals surface area contributed by atoms with E-state index < -0.39 is 5.63 Å². The second-order valence-corrected chi connectivity index (χ2v) is 7.83. The van der Waals surface area contributed by atoms with E-state index in [-0.39, 0.29) is 18.6 Å². The number of aryl methyl sites for hydroxylation is 1. The first-order valence-electron chi connectivity index (χ1n) is 9.75. The maximum atomic E-state index is 12.8. The van der Waals surface area contributed by atoms with E-state index in [9.17, 15) is 9.59 Å². The van der Waals surface area contributed by atoms with Crippen LogP contribution in [0.25, 0.3) is 11.0 Å². The van der Waals surface area contributed by atoms with Gasteiger partial charge >= 0.3 is 5.63 Å². The highest BCUT2D eigenvalue weighted by molar-refractivity contribution is 5.79. The maximum Gasteiger partial charge on any atom is 0.336 e. The molecule has 0 N–H and O–H groups in total. The highest BCUT2D eigenvalue weighted by Gasteiger charge is 2.31. The molecule has 1 aliphatic heterocycles. The SMILES string of the molecule is Cc1nnc2n1[C@@H](CC(C)C)CN(C(=O)COc1ccc3ccc(=O)oc3c1)C2. The van der Waals surface area contributed by atoms with E-state index in [1.165, 1.54) is 6.07 Å². The van der Waals surface area contributed by atoms with Crippen molar-refractivity contribution in [2.24, 2.45) is 5.92 Å². The molecule has 0 aliphatic carbocycles. The van der Waals surface area contributed by atoms with Crippen molar-refractivity contribution in [2.75, 3.05) is 13.2 Å². The van der Waals surface area contributed by atoms with Crippen molar-refractivity contribution >= 4 is 16.9 Å². The molecule has 0 unspecified atom stereocenters. The predicted molar refractivity (Wildman–Crippen MR) is 107 cm³/mol. The molecular formula is C21H24N4O4. The molecule has 4 rings (SSSR count). The zero-order valence-electron chi connectivity index (χ0n) is 16.8. The number of hydrogen-bond acceptors (Lipinski definition) is 6. The number of hydrogen-bond donors (Lipinski definition) is 0. The third-order valence-corrected chi connectivity index (χ3v) is 5.12. The molecule has 152 valence electrons. The summed E-state index contributed by atoms with van der Waals surface area (Å²) in [6.45, 7) is 7.22. The molecule has 0 saturated heterocycles. The molecule has 0 radical (unpaired) electrons. The number of ether oxygens (including phenoxy) is 1. The van der Waals surface area contributed by atoms with Crippen LogP contribution in [0.3, 0.4) is 0 Å². The largest absolute Gasteiger partial charge is 0.484 e. The van der Waals surface area contributed by atoms with Crippen LogP contribution in [-0.4, -0.2) is 38.7 Å². The number of carbonyl (C=O) groups excluding carboxylic acids is 1. The summed E-state index contributed by atoms with van der Waals surface area (Å²) in [7, 11) is 0. The van der Waals surface area contributed by atoms with E-state index in [2.05, 4.69) is 28.6 Å². The van der Waals surface area contributed by atoms with Gasteiger partial charge in [-0.2, -0.15) is 0 Å². The Bertz CT molecular complexity index is 1100. The molecular weight excluding hydrogens is 372 g/mol. The van der Waals surface area contributed by atoms with Crippen molar-refractivity contribution in [2.45, 2.75) is 39.8 Å². The van der Waals surface area contributed by atoms with Crippen LogP contribution >= 0.6 is 0 Å². The first kappa shape index (κ1) is 19.2. The highest BCUT2D eigenvalue weighted by Crippen LogP contribution is 2.27. The van der Waals surface area contributed by atoms with Gasteiger partial charge in [-0.15, -0.1) is 10.2 Å². The Balaban J connectivity index is 1.46. The van der Waals surface area contributed by atoms with Gasteiger partial charge in [0.15, 0.2) is 12.4 Å². The topological polar surface area (TPSA) is 90.5 Å². The summed E-state index contributed by atoms with van der Waals surface area (Å²) in [5.74, 6) is 2.55. The summed E-state index contributed by atoms with van der Waals surface area (Å²) in [5.41, 5.74) is 0.00985. The van der Waals surface area contributed by atoms with Crippen LogP contribution in [-0.2, 0) is 11.3 Å². The second-order valence-electron chi connectivity index (χ2n) is 7.83. The van der Waals surface area contributed by atoms with Crippen molar-refractivity contribution < 1.29 is 13.9 Å². The monoisotopic (exact) mass is 396 g/mol. The van der Waals surface area contributed by atoms with Crippen LogP contribution in [0.15, 0.2) is 39.5 Å². The third kappa shape index (κ3) is 4.01. The van der Waals surface area contributed by atoms with E-state index in [1.807, 2.05) is 6.92 Å². The van der Waals surface area contributed by atoms with Crippen LogP contribution in [0.4, 0.5) is 0 Å². The minimum Gasteiger partial charge on any atom is -0.484 e.